The molecule has 0 saturated carbocycles. The Morgan fingerprint density at radius 2 is 2.25 bits per heavy atom. The quantitative estimate of drug-likeness (QED) is 0.754. The van der Waals surface area contributed by atoms with Crippen molar-refractivity contribution < 1.29 is 0 Å². The molecule has 2 nitrogen and oxygen atoms in total. The molecule has 0 N–H and O–H groups in total. The molecule has 1 atom stereocenters. The number of pyridine rings is 1. The molecule has 0 bridgehead atoms. The lowest BCUT2D eigenvalue weighted by molar-refractivity contribution is 0.659. The van der Waals surface area contributed by atoms with Crippen LogP contribution >= 0.6 is 0 Å². The van der Waals surface area contributed by atoms with E-state index in [1.54, 1.807) is 0 Å². The van der Waals surface area contributed by atoms with Gasteiger partial charge in [0.1, 0.15) is 0 Å². The first-order chi connectivity index (χ1) is 7.58. The maximum Gasteiger partial charge on any atom is 0.0657 e. The lowest BCUT2D eigenvalue weighted by Gasteiger charge is -2.20. The molecule has 16 heavy (non-hydrogen) atoms. The van der Waals surface area contributed by atoms with Crippen molar-refractivity contribution in [3.63, 3.8) is 0 Å². The molecule has 2 heteroatoms. The van der Waals surface area contributed by atoms with Crippen LogP contribution < -0.4 is 4.90 Å². The first-order valence-corrected chi connectivity index (χ1v) is 5.96. The zero-order chi connectivity index (χ0) is 11.7. The van der Waals surface area contributed by atoms with Gasteiger partial charge in [-0.05, 0) is 43.9 Å². The molecule has 0 spiro atoms. The fraction of sp³-hybridized carbons (Fsp3) is 0.500. The number of rotatable bonds is 2. The average Bonchev–Trinajstić information content (AvgIpc) is 2.64. The van der Waals surface area contributed by atoms with E-state index in [1.807, 2.05) is 6.92 Å². The molecule has 86 valence electrons. The molecule has 0 amide bonds. The molecule has 1 saturated heterocycles. The third-order valence-electron chi connectivity index (χ3n) is 3.26. The van der Waals surface area contributed by atoms with Crippen LogP contribution in [-0.2, 0) is 0 Å². The normalized spacial score (nSPS) is 20.2. The van der Waals surface area contributed by atoms with Crippen molar-refractivity contribution in [1.82, 2.24) is 4.98 Å². The maximum atomic E-state index is 4.60. The van der Waals surface area contributed by atoms with E-state index in [0.29, 0.717) is 0 Å². The van der Waals surface area contributed by atoms with E-state index in [9.17, 15) is 0 Å². The van der Waals surface area contributed by atoms with Gasteiger partial charge in [0.05, 0.1) is 17.1 Å². The molecule has 1 unspecified atom stereocenters. The highest BCUT2D eigenvalue weighted by Gasteiger charge is 2.20. The van der Waals surface area contributed by atoms with Gasteiger partial charge in [0, 0.05) is 13.1 Å². The van der Waals surface area contributed by atoms with Crippen LogP contribution in [0.25, 0.3) is 5.57 Å². The second kappa shape index (κ2) is 4.28. The van der Waals surface area contributed by atoms with Crippen LogP contribution in [0.2, 0.25) is 0 Å². The van der Waals surface area contributed by atoms with Crippen LogP contribution in [0.15, 0.2) is 18.7 Å². The van der Waals surface area contributed by atoms with E-state index in [2.05, 4.69) is 42.4 Å². The van der Waals surface area contributed by atoms with Crippen LogP contribution in [0.1, 0.15) is 31.7 Å². The first-order valence-electron chi connectivity index (χ1n) is 5.96. The van der Waals surface area contributed by atoms with Gasteiger partial charge in [0.25, 0.3) is 0 Å². The van der Waals surface area contributed by atoms with E-state index in [4.69, 9.17) is 0 Å². The number of hydrogen-bond acceptors (Lipinski definition) is 2. The van der Waals surface area contributed by atoms with Crippen LogP contribution in [0.4, 0.5) is 5.69 Å². The van der Waals surface area contributed by atoms with Crippen molar-refractivity contribution in [2.45, 2.75) is 27.2 Å². The van der Waals surface area contributed by atoms with Crippen molar-refractivity contribution in [2.75, 3.05) is 18.0 Å². The highest BCUT2D eigenvalue weighted by atomic mass is 15.2. The zero-order valence-electron chi connectivity index (χ0n) is 10.5. The zero-order valence-corrected chi connectivity index (χ0v) is 10.5. The summed E-state index contributed by atoms with van der Waals surface area (Å²) in [5, 5.41) is 0. The fourth-order valence-corrected chi connectivity index (χ4v) is 2.28. The van der Waals surface area contributed by atoms with Gasteiger partial charge in [0.2, 0.25) is 0 Å². The second-order valence-corrected chi connectivity index (χ2v) is 4.92. The largest absolute Gasteiger partial charge is 0.370 e. The van der Waals surface area contributed by atoms with Crippen molar-refractivity contribution in [3.8, 4) is 0 Å². The van der Waals surface area contributed by atoms with Gasteiger partial charge in [-0.3, -0.25) is 4.98 Å². The summed E-state index contributed by atoms with van der Waals surface area (Å²) in [6, 6.07) is 4.26. The third-order valence-corrected chi connectivity index (χ3v) is 3.26. The van der Waals surface area contributed by atoms with Gasteiger partial charge in [-0.1, -0.05) is 13.5 Å². The van der Waals surface area contributed by atoms with E-state index < -0.39 is 0 Å². The molecular formula is C14H20N2. The van der Waals surface area contributed by atoms with Crippen molar-refractivity contribution >= 4 is 11.3 Å². The minimum absolute atomic E-state index is 0.806. The van der Waals surface area contributed by atoms with Gasteiger partial charge in [-0.2, -0.15) is 0 Å². The van der Waals surface area contributed by atoms with Gasteiger partial charge in [0.15, 0.2) is 0 Å². The van der Waals surface area contributed by atoms with E-state index >= 15 is 0 Å². The summed E-state index contributed by atoms with van der Waals surface area (Å²) in [7, 11) is 0. The molecule has 1 aliphatic heterocycles. The van der Waals surface area contributed by atoms with Crippen molar-refractivity contribution in [1.29, 1.82) is 0 Å². The summed E-state index contributed by atoms with van der Waals surface area (Å²) < 4.78 is 0. The summed E-state index contributed by atoms with van der Waals surface area (Å²) in [6.07, 6.45) is 1.29. The van der Waals surface area contributed by atoms with Gasteiger partial charge in [-0.15, -0.1) is 0 Å². The van der Waals surface area contributed by atoms with E-state index in [-0.39, 0.29) is 0 Å². The monoisotopic (exact) mass is 216 g/mol. The lowest BCUT2D eigenvalue weighted by Crippen LogP contribution is -2.20. The summed E-state index contributed by atoms with van der Waals surface area (Å²) >= 11 is 0. The van der Waals surface area contributed by atoms with Gasteiger partial charge in [-0.25, -0.2) is 0 Å². The number of aromatic nitrogens is 1. The lowest BCUT2D eigenvalue weighted by atomic mass is 10.1. The summed E-state index contributed by atoms with van der Waals surface area (Å²) in [5.74, 6) is 0.806. The van der Waals surface area contributed by atoms with Crippen LogP contribution in [0.5, 0.6) is 0 Å². The Morgan fingerprint density at radius 1 is 1.50 bits per heavy atom. The summed E-state index contributed by atoms with van der Waals surface area (Å²) in [4.78, 5) is 7.04. The molecule has 0 radical (unpaired) electrons. The Morgan fingerprint density at radius 3 is 2.75 bits per heavy atom. The summed E-state index contributed by atoms with van der Waals surface area (Å²) in [6.45, 7) is 12.7. The molecule has 0 aliphatic carbocycles. The van der Waals surface area contributed by atoms with Crippen LogP contribution in [0.3, 0.4) is 0 Å². The highest BCUT2D eigenvalue weighted by molar-refractivity contribution is 5.61. The number of allylic oxidation sites excluding steroid dienone is 1. The Kier molecular flexibility index (Phi) is 2.99. The van der Waals surface area contributed by atoms with Gasteiger partial charge >= 0.3 is 0 Å². The maximum absolute atomic E-state index is 4.60. The average molecular weight is 216 g/mol. The van der Waals surface area contributed by atoms with Crippen LogP contribution in [0, 0.1) is 12.8 Å². The third kappa shape index (κ3) is 2.11. The molecule has 1 aromatic heterocycles. The Balaban J connectivity index is 2.26. The summed E-state index contributed by atoms with van der Waals surface area (Å²) in [5.41, 5.74) is 4.45. The molecule has 1 aliphatic rings. The molecule has 1 fully saturated rings. The smallest absolute Gasteiger partial charge is 0.0657 e. The number of nitrogens with zero attached hydrogens (tertiary/aromatic N) is 2. The Hall–Kier alpha value is -1.31. The Bertz CT molecular complexity index is 409. The molecular weight excluding hydrogens is 196 g/mol. The Labute approximate surface area is 98.0 Å². The highest BCUT2D eigenvalue weighted by Crippen LogP contribution is 2.26. The standard InChI is InChI=1S/C14H20N2/c1-10(2)13-5-6-14(12(4)15-13)16-8-7-11(3)9-16/h5-6,11H,1,7-9H2,2-4H3. The minimum Gasteiger partial charge on any atom is -0.370 e. The van der Waals surface area contributed by atoms with Crippen molar-refractivity contribution in [2.24, 2.45) is 5.92 Å². The van der Waals surface area contributed by atoms with Crippen molar-refractivity contribution in [3.05, 3.63) is 30.1 Å². The number of anilines is 1. The fourth-order valence-electron chi connectivity index (χ4n) is 2.28. The first kappa shape index (κ1) is 11.2. The molecule has 2 rings (SSSR count). The van der Waals surface area contributed by atoms with Gasteiger partial charge < -0.3 is 4.90 Å². The van der Waals surface area contributed by atoms with E-state index in [0.717, 1.165) is 36.0 Å². The van der Waals surface area contributed by atoms with E-state index in [1.165, 1.54) is 12.1 Å². The predicted molar refractivity (Wildman–Crippen MR) is 69.7 cm³/mol. The molecule has 0 aromatic carbocycles. The predicted octanol–water partition coefficient (Wildman–Crippen LogP) is 3.27. The SMILES string of the molecule is C=C(C)c1ccc(N2CCC(C)C2)c(C)n1. The topological polar surface area (TPSA) is 16.1 Å². The number of hydrogen-bond donors (Lipinski definition) is 0. The molecule has 2 heterocycles. The van der Waals surface area contributed by atoms with Crippen LogP contribution in [-0.4, -0.2) is 18.1 Å². The molecule has 1 aromatic rings. The number of aryl methyl sites for hydroxylation is 1. The second-order valence-electron chi connectivity index (χ2n) is 4.92. The minimum atomic E-state index is 0.806.